The van der Waals surface area contributed by atoms with Crippen LogP contribution in [0.3, 0.4) is 0 Å². The fourth-order valence-electron chi connectivity index (χ4n) is 4.31. The van der Waals surface area contributed by atoms with Crippen molar-refractivity contribution < 1.29 is 19.1 Å². The highest BCUT2D eigenvalue weighted by atomic mass is 79.9. The molecule has 1 aliphatic rings. The van der Waals surface area contributed by atoms with Crippen LogP contribution in [-0.2, 0) is 16.0 Å². The Morgan fingerprint density at radius 1 is 1.15 bits per heavy atom. The summed E-state index contributed by atoms with van der Waals surface area (Å²) in [6, 6.07) is 4.96. The van der Waals surface area contributed by atoms with E-state index in [1.807, 2.05) is 13.8 Å². The van der Waals surface area contributed by atoms with Gasteiger partial charge in [-0.15, -0.1) is 0 Å². The summed E-state index contributed by atoms with van der Waals surface area (Å²) in [5.41, 5.74) is 2.55. The third-order valence-corrected chi connectivity index (χ3v) is 6.76. The fraction of sp³-hybridized carbons (Fsp3) is 0.423. The van der Waals surface area contributed by atoms with Gasteiger partial charge in [0.2, 0.25) is 5.88 Å². The van der Waals surface area contributed by atoms with Crippen molar-refractivity contribution in [2.75, 3.05) is 19.8 Å². The minimum absolute atomic E-state index is 0.00267. The summed E-state index contributed by atoms with van der Waals surface area (Å²) in [6.07, 6.45) is 7.04. The lowest BCUT2D eigenvalue weighted by atomic mass is 10.1. The van der Waals surface area contributed by atoms with Crippen LogP contribution in [0.15, 0.2) is 41.4 Å². The number of halogens is 1. The van der Waals surface area contributed by atoms with Crippen molar-refractivity contribution in [1.29, 1.82) is 0 Å². The van der Waals surface area contributed by atoms with Gasteiger partial charge in [0, 0.05) is 42.3 Å². The summed E-state index contributed by atoms with van der Waals surface area (Å²) < 4.78 is 19.6. The Balaban J connectivity index is 1.47. The molecule has 1 aliphatic carbocycles. The van der Waals surface area contributed by atoms with E-state index < -0.39 is 4.92 Å². The number of nitrogens with zero attached hydrogens (tertiary/aromatic N) is 7. The van der Waals surface area contributed by atoms with Crippen LogP contribution < -0.4 is 4.74 Å². The summed E-state index contributed by atoms with van der Waals surface area (Å²) in [5, 5.41) is 16.8. The molecule has 4 aromatic rings. The van der Waals surface area contributed by atoms with Crippen molar-refractivity contribution in [3.8, 4) is 17.3 Å². The molecule has 39 heavy (non-hydrogen) atoms. The zero-order chi connectivity index (χ0) is 27.4. The molecule has 5 rings (SSSR count). The Hall–Kier alpha value is -3.55. The second-order valence-electron chi connectivity index (χ2n) is 9.00. The number of ether oxygens (including phenoxy) is 3. The number of aromatic nitrogens is 6. The van der Waals surface area contributed by atoms with Crippen LogP contribution in [0.5, 0.6) is 5.88 Å². The maximum Gasteiger partial charge on any atom is 0.275 e. The van der Waals surface area contributed by atoms with Gasteiger partial charge in [0.05, 0.1) is 40.9 Å². The largest absolute Gasteiger partial charge is 0.477 e. The van der Waals surface area contributed by atoms with Crippen LogP contribution in [0.1, 0.15) is 50.3 Å². The van der Waals surface area contributed by atoms with Gasteiger partial charge in [-0.1, -0.05) is 15.9 Å². The number of fused-ring (bicyclic) bond motifs is 1. The summed E-state index contributed by atoms with van der Waals surface area (Å²) >= 11 is 3.30. The lowest BCUT2D eigenvalue weighted by Crippen LogP contribution is -2.20. The second kappa shape index (κ2) is 12.1. The van der Waals surface area contributed by atoms with Gasteiger partial charge >= 0.3 is 0 Å². The minimum Gasteiger partial charge on any atom is -0.477 e. The maximum atomic E-state index is 11.6. The van der Waals surface area contributed by atoms with Crippen LogP contribution in [-0.4, -0.2) is 60.8 Å². The van der Waals surface area contributed by atoms with E-state index in [0.29, 0.717) is 70.5 Å². The third-order valence-electron chi connectivity index (χ3n) is 6.27. The first-order valence-electron chi connectivity index (χ1n) is 12.8. The predicted molar refractivity (Wildman–Crippen MR) is 145 cm³/mol. The van der Waals surface area contributed by atoms with Gasteiger partial charge in [0.25, 0.3) is 5.69 Å². The molecule has 1 fully saturated rings. The molecule has 0 N–H and O–H groups in total. The predicted octanol–water partition coefficient (Wildman–Crippen LogP) is 5.05. The molecule has 3 heterocycles. The van der Waals surface area contributed by atoms with Gasteiger partial charge in [0.15, 0.2) is 17.8 Å². The highest BCUT2D eigenvalue weighted by Crippen LogP contribution is 2.45. The van der Waals surface area contributed by atoms with Crippen LogP contribution >= 0.6 is 15.9 Å². The first kappa shape index (κ1) is 27.0. The van der Waals surface area contributed by atoms with Crippen LogP contribution in [0.2, 0.25) is 0 Å². The molecule has 3 aromatic heterocycles. The van der Waals surface area contributed by atoms with E-state index in [2.05, 4.69) is 36.0 Å². The lowest BCUT2D eigenvalue weighted by Gasteiger charge is -2.18. The van der Waals surface area contributed by atoms with E-state index in [0.717, 1.165) is 18.5 Å². The maximum absolute atomic E-state index is 11.6. The molecule has 1 aromatic carbocycles. The van der Waals surface area contributed by atoms with Crippen molar-refractivity contribution in [1.82, 2.24) is 29.7 Å². The van der Waals surface area contributed by atoms with E-state index in [-0.39, 0.29) is 18.5 Å². The van der Waals surface area contributed by atoms with Crippen molar-refractivity contribution in [2.24, 2.45) is 0 Å². The van der Waals surface area contributed by atoms with Gasteiger partial charge in [-0.3, -0.25) is 10.1 Å². The number of hydrogen-bond acceptors (Lipinski definition) is 10. The number of rotatable bonds is 13. The van der Waals surface area contributed by atoms with Gasteiger partial charge in [0.1, 0.15) is 11.9 Å². The fourth-order valence-corrected chi connectivity index (χ4v) is 4.66. The first-order chi connectivity index (χ1) is 19.0. The molecule has 0 bridgehead atoms. The molecular weight excluding hydrogens is 570 g/mol. The highest BCUT2D eigenvalue weighted by Gasteiger charge is 2.32. The van der Waals surface area contributed by atoms with Gasteiger partial charge < -0.3 is 14.2 Å². The summed E-state index contributed by atoms with van der Waals surface area (Å²) in [4.78, 5) is 29.6. The Morgan fingerprint density at radius 3 is 2.67 bits per heavy atom. The van der Waals surface area contributed by atoms with Crippen LogP contribution in [0, 0.1) is 10.1 Å². The molecule has 204 valence electrons. The van der Waals surface area contributed by atoms with Crippen molar-refractivity contribution in [3.05, 3.63) is 62.8 Å². The standard InChI is InChI=1S/C26H28BrN7O5/c1-3-37-21(38-4-2)9-10-39-26-22(23(16-5-6-16)29-15-30-26)24-28-12-18-13-31-33(25(18)32-24)14-17-7-8-19(27)11-20(17)34(35)36/h7-8,11-13,15-16,21H,3-6,9-10,14H2,1-2H3. The topological polar surface area (TPSA) is 140 Å². The monoisotopic (exact) mass is 597 g/mol. The average Bonchev–Trinajstić information content (AvgIpc) is 3.70. The van der Waals surface area contributed by atoms with E-state index in [9.17, 15) is 10.1 Å². The summed E-state index contributed by atoms with van der Waals surface area (Å²) in [6.45, 7) is 5.42. The average molecular weight is 598 g/mol. The Morgan fingerprint density at radius 2 is 1.95 bits per heavy atom. The van der Waals surface area contributed by atoms with E-state index in [1.165, 1.54) is 12.4 Å². The second-order valence-corrected chi connectivity index (χ2v) is 9.91. The number of nitro groups is 1. The number of benzene rings is 1. The quantitative estimate of drug-likeness (QED) is 0.117. The van der Waals surface area contributed by atoms with Gasteiger partial charge in [-0.05, 0) is 38.8 Å². The Bertz CT molecular complexity index is 1470. The number of hydrogen-bond donors (Lipinski definition) is 0. The Labute approximate surface area is 233 Å². The molecule has 1 saturated carbocycles. The number of nitro benzene ring substituents is 1. The smallest absolute Gasteiger partial charge is 0.275 e. The summed E-state index contributed by atoms with van der Waals surface area (Å²) in [5.74, 6) is 1.10. The van der Waals surface area contributed by atoms with Gasteiger partial charge in [-0.2, -0.15) is 5.10 Å². The van der Waals surface area contributed by atoms with Crippen molar-refractivity contribution in [3.63, 3.8) is 0 Å². The highest BCUT2D eigenvalue weighted by molar-refractivity contribution is 9.10. The molecule has 0 aliphatic heterocycles. The normalized spacial score (nSPS) is 13.3. The molecule has 0 amide bonds. The van der Waals surface area contributed by atoms with Gasteiger partial charge in [-0.25, -0.2) is 24.6 Å². The van der Waals surface area contributed by atoms with Crippen molar-refractivity contribution >= 4 is 32.7 Å². The van der Waals surface area contributed by atoms with E-state index >= 15 is 0 Å². The molecule has 0 spiro atoms. The molecule has 0 saturated heterocycles. The third kappa shape index (κ3) is 6.21. The van der Waals surface area contributed by atoms with Crippen molar-refractivity contribution in [2.45, 2.75) is 51.9 Å². The molecule has 13 heteroatoms. The SMILES string of the molecule is CCOC(CCOc1ncnc(C2CC2)c1-c1ncc2cnn(Cc3ccc(Br)cc3[N+](=O)[O-])c2n1)OCC. The molecule has 0 atom stereocenters. The summed E-state index contributed by atoms with van der Waals surface area (Å²) in [7, 11) is 0. The lowest BCUT2D eigenvalue weighted by molar-refractivity contribution is -0.385. The van der Waals surface area contributed by atoms with E-state index in [4.69, 9.17) is 19.2 Å². The minimum atomic E-state index is -0.402. The Kier molecular flexibility index (Phi) is 8.38. The van der Waals surface area contributed by atoms with Crippen LogP contribution in [0.25, 0.3) is 22.4 Å². The molecule has 12 nitrogen and oxygen atoms in total. The molecule has 0 unspecified atom stereocenters. The molecule has 0 radical (unpaired) electrons. The zero-order valence-corrected chi connectivity index (χ0v) is 23.2. The van der Waals surface area contributed by atoms with E-state index in [1.54, 1.807) is 29.2 Å². The van der Waals surface area contributed by atoms with Crippen LogP contribution in [0.4, 0.5) is 5.69 Å². The molecular formula is C26H28BrN7O5. The first-order valence-corrected chi connectivity index (χ1v) is 13.6. The zero-order valence-electron chi connectivity index (χ0n) is 21.6.